The molecule has 4 aromatic rings. The summed E-state index contributed by atoms with van der Waals surface area (Å²) < 4.78 is 6.77. The van der Waals surface area contributed by atoms with Crippen LogP contribution in [0.3, 0.4) is 0 Å². The lowest BCUT2D eigenvalue weighted by Gasteiger charge is -2.49. The van der Waals surface area contributed by atoms with Gasteiger partial charge in [-0.15, -0.1) is 0 Å². The minimum absolute atomic E-state index is 0.00198. The number of pyridine rings is 1. The number of hydrogen-bond donors (Lipinski definition) is 2. The maximum atomic E-state index is 13.1. The third-order valence-electron chi connectivity index (χ3n) is 9.37. The van der Waals surface area contributed by atoms with Crippen LogP contribution >= 0.6 is 22.9 Å². The van der Waals surface area contributed by atoms with Crippen LogP contribution in [0, 0.1) is 5.92 Å². The Morgan fingerprint density at radius 3 is 2.61 bits per heavy atom. The highest BCUT2D eigenvalue weighted by Crippen LogP contribution is 2.36. The molecule has 2 saturated carbocycles. The average Bonchev–Trinajstić information content (AvgIpc) is 3.64. The minimum atomic E-state index is -0.402. The highest BCUT2D eigenvalue weighted by Gasteiger charge is 2.41. The predicted molar refractivity (Wildman–Crippen MR) is 176 cm³/mol. The number of ether oxygens (including phenoxy) is 1. The van der Waals surface area contributed by atoms with Crippen molar-refractivity contribution in [3.63, 3.8) is 0 Å². The van der Waals surface area contributed by atoms with Crippen molar-refractivity contribution in [3.05, 3.63) is 65.5 Å². The molecule has 0 bridgehead atoms. The van der Waals surface area contributed by atoms with Gasteiger partial charge in [0.05, 0.1) is 27.4 Å². The molecular weight excluding hydrogens is 626 g/mol. The monoisotopic (exact) mass is 661 g/mol. The highest BCUT2D eigenvalue weighted by atomic mass is 35.5. The number of anilines is 1. The molecule has 7 rings (SSSR count). The standard InChI is InChI=1S/C33H36ClN7O4S/c1-19-17-40(32(44)26-8-6-23(34)16-35-26)9-10-41(19)24-11-21(12-24)31(43)39-33-38-25-7-5-20(13-29(25)46-33)22-14-36-30(37-15-22)18-45-28-4-2-3-27(28)42/h5-8,13-16,19,21,24,27-28,42H,2-4,9-12,17-18H2,1H3,(H,38,39,43)/t19-,21?,24?,27-,28-/m0/s1. The lowest BCUT2D eigenvalue weighted by molar-refractivity contribution is -0.125. The van der Waals surface area contributed by atoms with E-state index in [2.05, 4.69) is 37.1 Å². The number of halogens is 1. The SMILES string of the molecule is C[C@H]1CN(C(=O)c2ccc(Cl)cn2)CCN1C1CC(C(=O)Nc2nc3ccc(-c4cnc(CO[C@H]5CCC[C@@H]5O)nc4)cc3s2)C1. The second kappa shape index (κ2) is 13.3. The van der Waals surface area contributed by atoms with Crippen LogP contribution in [-0.2, 0) is 16.1 Å². The van der Waals surface area contributed by atoms with Crippen LogP contribution in [0.15, 0.2) is 48.9 Å². The molecule has 46 heavy (non-hydrogen) atoms. The van der Waals surface area contributed by atoms with Crippen molar-refractivity contribution in [2.45, 2.75) is 69.9 Å². The molecule has 2 N–H and O–H groups in total. The molecule has 0 spiro atoms. The van der Waals surface area contributed by atoms with Crippen LogP contribution in [0.5, 0.6) is 0 Å². The highest BCUT2D eigenvalue weighted by molar-refractivity contribution is 7.22. The Kier molecular flexibility index (Phi) is 8.97. The van der Waals surface area contributed by atoms with Crippen molar-refractivity contribution in [2.24, 2.45) is 5.92 Å². The summed E-state index contributed by atoms with van der Waals surface area (Å²) in [5.41, 5.74) is 3.08. The third-order valence-corrected chi connectivity index (χ3v) is 10.5. The summed E-state index contributed by atoms with van der Waals surface area (Å²) >= 11 is 7.37. The first kappa shape index (κ1) is 31.1. The molecule has 3 aromatic heterocycles. The zero-order chi connectivity index (χ0) is 31.8. The van der Waals surface area contributed by atoms with Gasteiger partial charge in [-0.2, -0.15) is 0 Å². The first-order valence-corrected chi connectivity index (χ1v) is 17.0. The molecule has 11 nitrogen and oxygen atoms in total. The molecule has 3 fully saturated rings. The molecule has 0 unspecified atom stereocenters. The third kappa shape index (κ3) is 6.63. The van der Waals surface area contributed by atoms with E-state index >= 15 is 0 Å². The van der Waals surface area contributed by atoms with Gasteiger partial charge < -0.3 is 20.1 Å². The summed E-state index contributed by atoms with van der Waals surface area (Å²) in [4.78, 5) is 48.0. The van der Waals surface area contributed by atoms with Gasteiger partial charge >= 0.3 is 0 Å². The van der Waals surface area contributed by atoms with Crippen molar-refractivity contribution in [1.82, 2.24) is 29.7 Å². The molecule has 2 aliphatic carbocycles. The fourth-order valence-electron chi connectivity index (χ4n) is 6.66. The van der Waals surface area contributed by atoms with Crippen LogP contribution in [0.1, 0.15) is 55.3 Å². The molecule has 1 aliphatic heterocycles. The molecule has 240 valence electrons. The Bertz CT molecular complexity index is 1710. The van der Waals surface area contributed by atoms with Gasteiger partial charge in [0.15, 0.2) is 11.0 Å². The maximum absolute atomic E-state index is 13.1. The lowest BCUT2D eigenvalue weighted by Crippen LogP contribution is -2.60. The Morgan fingerprint density at radius 2 is 1.89 bits per heavy atom. The molecule has 2 amide bonds. The van der Waals surface area contributed by atoms with Crippen molar-refractivity contribution >= 4 is 50.1 Å². The zero-order valence-electron chi connectivity index (χ0n) is 25.5. The lowest BCUT2D eigenvalue weighted by atomic mass is 9.78. The van der Waals surface area contributed by atoms with Gasteiger partial charge in [-0.3, -0.25) is 14.5 Å². The van der Waals surface area contributed by atoms with Gasteiger partial charge in [0.1, 0.15) is 12.3 Å². The topological polar surface area (TPSA) is 134 Å². The largest absolute Gasteiger partial charge is 0.390 e. The number of carbonyl (C=O) groups is 2. The van der Waals surface area contributed by atoms with Gasteiger partial charge in [0, 0.05) is 61.8 Å². The second-order valence-electron chi connectivity index (χ2n) is 12.4. The number of hydrogen-bond acceptors (Lipinski definition) is 10. The summed E-state index contributed by atoms with van der Waals surface area (Å²) in [7, 11) is 0. The van der Waals surface area contributed by atoms with Crippen molar-refractivity contribution in [3.8, 4) is 11.1 Å². The van der Waals surface area contributed by atoms with Gasteiger partial charge in [0.25, 0.3) is 5.91 Å². The summed E-state index contributed by atoms with van der Waals surface area (Å²) in [6, 6.07) is 9.84. The first-order valence-electron chi connectivity index (χ1n) is 15.8. The van der Waals surface area contributed by atoms with Gasteiger partial charge in [-0.25, -0.2) is 19.9 Å². The maximum Gasteiger partial charge on any atom is 0.272 e. The molecular formula is C33H36ClN7O4S. The quantitative estimate of drug-likeness (QED) is 0.273. The first-order chi connectivity index (χ1) is 22.3. The fourth-order valence-corrected chi connectivity index (χ4v) is 7.68. The van der Waals surface area contributed by atoms with E-state index in [0.29, 0.717) is 40.8 Å². The number of aromatic nitrogens is 4. The number of amides is 2. The summed E-state index contributed by atoms with van der Waals surface area (Å²) in [6.45, 7) is 4.44. The molecule has 0 radical (unpaired) electrons. The number of aliphatic hydroxyl groups excluding tert-OH is 1. The number of carbonyl (C=O) groups excluding carboxylic acids is 2. The normalized spacial score (nSPS) is 25.0. The zero-order valence-corrected chi connectivity index (χ0v) is 27.1. The minimum Gasteiger partial charge on any atom is -0.390 e. The smallest absolute Gasteiger partial charge is 0.272 e. The number of thiazole rings is 1. The van der Waals surface area contributed by atoms with Crippen molar-refractivity contribution in [2.75, 3.05) is 25.0 Å². The summed E-state index contributed by atoms with van der Waals surface area (Å²) in [5.74, 6) is 0.449. The number of nitrogens with one attached hydrogen (secondary N) is 1. The second-order valence-corrected chi connectivity index (χ2v) is 13.9. The number of rotatable bonds is 8. The number of fused-ring (bicyclic) bond motifs is 1. The van der Waals surface area contributed by atoms with Gasteiger partial charge in [0.2, 0.25) is 5.91 Å². The summed E-state index contributed by atoms with van der Waals surface area (Å²) in [5, 5.41) is 14.1. The van der Waals surface area contributed by atoms with Crippen molar-refractivity contribution in [1.29, 1.82) is 0 Å². The summed E-state index contributed by atoms with van der Waals surface area (Å²) in [6.07, 6.45) is 8.73. The van der Waals surface area contributed by atoms with E-state index in [4.69, 9.17) is 16.3 Å². The van der Waals surface area contributed by atoms with Crippen LogP contribution in [0.2, 0.25) is 5.02 Å². The number of benzene rings is 1. The van der Waals surface area contributed by atoms with E-state index in [1.807, 2.05) is 23.1 Å². The predicted octanol–water partition coefficient (Wildman–Crippen LogP) is 4.80. The van der Waals surface area contributed by atoms with Crippen LogP contribution in [-0.4, -0.2) is 90.6 Å². The van der Waals surface area contributed by atoms with E-state index in [-0.39, 0.29) is 36.5 Å². The number of nitrogens with zero attached hydrogens (tertiary/aromatic N) is 6. The molecule has 3 atom stereocenters. The average molecular weight is 662 g/mol. The fraction of sp³-hybridized carbons (Fsp3) is 0.455. The van der Waals surface area contributed by atoms with Gasteiger partial charge in [-0.05, 0) is 68.9 Å². The van der Waals surface area contributed by atoms with E-state index in [9.17, 15) is 14.7 Å². The number of aliphatic hydroxyl groups is 1. The van der Waals surface area contributed by atoms with E-state index < -0.39 is 6.10 Å². The van der Waals surface area contributed by atoms with E-state index in [0.717, 1.165) is 60.0 Å². The number of piperazine rings is 1. The molecule has 4 heterocycles. The van der Waals surface area contributed by atoms with Crippen molar-refractivity contribution < 1.29 is 19.4 Å². The molecule has 1 saturated heterocycles. The molecule has 13 heteroatoms. The van der Waals surface area contributed by atoms with Gasteiger partial charge in [-0.1, -0.05) is 29.0 Å². The molecule has 3 aliphatic rings. The van der Waals surface area contributed by atoms with Crippen LogP contribution < -0.4 is 5.32 Å². The Balaban J connectivity index is 0.900. The van der Waals surface area contributed by atoms with E-state index in [1.54, 1.807) is 24.5 Å². The Labute approximate surface area is 276 Å². The Hall–Kier alpha value is -3.55. The molecule has 1 aromatic carbocycles. The van der Waals surface area contributed by atoms with Crippen LogP contribution in [0.25, 0.3) is 21.3 Å². The van der Waals surface area contributed by atoms with E-state index in [1.165, 1.54) is 17.5 Å². The van der Waals surface area contributed by atoms with Crippen LogP contribution in [0.4, 0.5) is 5.13 Å². The Morgan fingerprint density at radius 1 is 1.07 bits per heavy atom.